The third-order valence-corrected chi connectivity index (χ3v) is 8.75. The minimum absolute atomic E-state index is 0.0300. The summed E-state index contributed by atoms with van der Waals surface area (Å²) in [6.07, 6.45) is 26.7. The van der Waals surface area contributed by atoms with Crippen LogP contribution in [0.5, 0.6) is 0 Å². The van der Waals surface area contributed by atoms with E-state index in [1.807, 2.05) is 21.1 Å². The third kappa shape index (κ3) is 32.7. The zero-order valence-electron chi connectivity index (χ0n) is 30.3. The van der Waals surface area contributed by atoms with Gasteiger partial charge in [0.25, 0.3) is 7.82 Å². The van der Waals surface area contributed by atoms with Crippen molar-refractivity contribution in [3.63, 3.8) is 0 Å². The van der Waals surface area contributed by atoms with Gasteiger partial charge < -0.3 is 27.9 Å². The minimum Gasteiger partial charge on any atom is -0.756 e. The molecular weight excluding hydrogens is 605 g/mol. The predicted octanol–water partition coefficient (Wildman–Crippen LogP) is 8.83. The number of ether oxygens (including phenoxy) is 2. The second-order valence-electron chi connectivity index (χ2n) is 13.6. The van der Waals surface area contributed by atoms with Gasteiger partial charge in [0.2, 0.25) is 0 Å². The van der Waals surface area contributed by atoms with E-state index in [1.165, 1.54) is 70.6 Å². The van der Waals surface area contributed by atoms with Crippen molar-refractivity contribution in [1.82, 2.24) is 0 Å². The molecule has 0 aromatic heterocycles. The molecular formula is C36H70NO8P. The number of carbonyl (C=O) groups is 2. The average molecular weight is 676 g/mol. The Morgan fingerprint density at radius 1 is 0.652 bits per heavy atom. The van der Waals surface area contributed by atoms with Crippen LogP contribution in [-0.4, -0.2) is 70.0 Å². The van der Waals surface area contributed by atoms with E-state index in [-0.39, 0.29) is 26.1 Å². The van der Waals surface area contributed by atoms with Crippen molar-refractivity contribution in [2.45, 2.75) is 161 Å². The average Bonchev–Trinajstić information content (AvgIpc) is 2.99. The summed E-state index contributed by atoms with van der Waals surface area (Å²) < 4.78 is 33.6. The standard InChI is InChI=1S/C36H70NO8P/c1-6-8-10-12-14-16-17-18-19-20-21-23-25-27-29-36(39)45-34(33-44-46(40,41)43-31-30-37(3,4)5)32-42-35(38)28-26-24-22-15-13-11-9-7-2/h17-18,34H,6-16,19-33H2,1-5H3/b18-17+/t34-/m1/s1. The van der Waals surface area contributed by atoms with Crippen LogP contribution in [0.25, 0.3) is 0 Å². The molecule has 0 amide bonds. The molecule has 10 heteroatoms. The maximum absolute atomic E-state index is 12.6. The molecule has 1 unspecified atom stereocenters. The summed E-state index contributed by atoms with van der Waals surface area (Å²) in [5.74, 6) is -0.848. The van der Waals surface area contributed by atoms with Crippen molar-refractivity contribution in [2.75, 3.05) is 47.5 Å². The van der Waals surface area contributed by atoms with E-state index >= 15 is 0 Å². The van der Waals surface area contributed by atoms with Crippen LogP contribution in [0.1, 0.15) is 155 Å². The highest BCUT2D eigenvalue weighted by molar-refractivity contribution is 7.45. The van der Waals surface area contributed by atoms with Crippen LogP contribution in [0.15, 0.2) is 12.2 Å². The van der Waals surface area contributed by atoms with E-state index in [0.717, 1.165) is 51.4 Å². The van der Waals surface area contributed by atoms with Crippen LogP contribution >= 0.6 is 7.82 Å². The van der Waals surface area contributed by atoms with Crippen LogP contribution in [0.4, 0.5) is 0 Å². The second-order valence-corrected chi connectivity index (χ2v) is 15.0. The molecule has 0 aromatic carbocycles. The summed E-state index contributed by atoms with van der Waals surface area (Å²) in [5.41, 5.74) is 0. The number of likely N-dealkylation sites (N-methyl/N-ethyl adjacent to an activating group) is 1. The van der Waals surface area contributed by atoms with Crippen molar-refractivity contribution >= 4 is 19.8 Å². The molecule has 0 spiro atoms. The first-order valence-electron chi connectivity index (χ1n) is 18.4. The number of phosphoric acid groups is 1. The molecule has 0 heterocycles. The zero-order valence-corrected chi connectivity index (χ0v) is 31.2. The summed E-state index contributed by atoms with van der Waals surface area (Å²) in [6.45, 7) is 4.16. The summed E-state index contributed by atoms with van der Waals surface area (Å²) >= 11 is 0. The molecule has 0 saturated carbocycles. The smallest absolute Gasteiger partial charge is 0.306 e. The quantitative estimate of drug-likeness (QED) is 0.0223. The Morgan fingerprint density at radius 3 is 1.61 bits per heavy atom. The molecule has 2 atom stereocenters. The highest BCUT2D eigenvalue weighted by atomic mass is 31.2. The van der Waals surface area contributed by atoms with Gasteiger partial charge in [0, 0.05) is 12.8 Å². The van der Waals surface area contributed by atoms with Gasteiger partial charge in [-0.25, -0.2) is 0 Å². The predicted molar refractivity (Wildman–Crippen MR) is 185 cm³/mol. The van der Waals surface area contributed by atoms with Gasteiger partial charge in [0.15, 0.2) is 6.10 Å². The first-order valence-corrected chi connectivity index (χ1v) is 19.9. The maximum Gasteiger partial charge on any atom is 0.306 e. The molecule has 0 saturated heterocycles. The molecule has 0 radical (unpaired) electrons. The van der Waals surface area contributed by atoms with Crippen LogP contribution < -0.4 is 4.89 Å². The molecule has 0 N–H and O–H groups in total. The van der Waals surface area contributed by atoms with Crippen LogP contribution in [0.3, 0.4) is 0 Å². The minimum atomic E-state index is -4.61. The van der Waals surface area contributed by atoms with Crippen molar-refractivity contribution in [3.05, 3.63) is 12.2 Å². The van der Waals surface area contributed by atoms with Crippen LogP contribution in [0, 0.1) is 0 Å². The number of phosphoric ester groups is 1. The molecule has 0 aromatic rings. The fourth-order valence-corrected chi connectivity index (χ4v) is 5.55. The largest absolute Gasteiger partial charge is 0.756 e. The Hall–Kier alpha value is -1.25. The topological polar surface area (TPSA) is 111 Å². The van der Waals surface area contributed by atoms with E-state index in [1.54, 1.807) is 0 Å². The number of quaternary nitrogens is 1. The molecule has 46 heavy (non-hydrogen) atoms. The number of hydrogen-bond donors (Lipinski definition) is 0. The molecule has 0 aliphatic heterocycles. The van der Waals surface area contributed by atoms with Gasteiger partial charge in [-0.15, -0.1) is 0 Å². The SMILES string of the molecule is CCCCCCC/C=C/CCCCCCCC(=O)O[C@H](COC(=O)CCCCCCCCCC)COP(=O)([O-])OCC[N+](C)(C)C. The van der Waals surface area contributed by atoms with Crippen molar-refractivity contribution in [1.29, 1.82) is 0 Å². The van der Waals surface area contributed by atoms with Gasteiger partial charge in [-0.1, -0.05) is 116 Å². The van der Waals surface area contributed by atoms with Gasteiger partial charge in [-0.3, -0.25) is 14.2 Å². The lowest BCUT2D eigenvalue weighted by atomic mass is 10.1. The fourth-order valence-electron chi connectivity index (χ4n) is 4.82. The molecule has 272 valence electrons. The number of unbranched alkanes of at least 4 members (excludes halogenated alkanes) is 17. The number of nitrogens with zero attached hydrogens (tertiary/aromatic N) is 1. The van der Waals surface area contributed by atoms with E-state index in [2.05, 4.69) is 26.0 Å². The summed E-state index contributed by atoms with van der Waals surface area (Å²) in [6, 6.07) is 0. The number of esters is 2. The summed E-state index contributed by atoms with van der Waals surface area (Å²) in [7, 11) is 1.16. The van der Waals surface area contributed by atoms with Gasteiger partial charge in [-0.05, 0) is 38.5 Å². The first-order chi connectivity index (χ1) is 22.0. The van der Waals surface area contributed by atoms with E-state index < -0.39 is 32.5 Å². The number of rotatable bonds is 33. The fraction of sp³-hybridized carbons (Fsp3) is 0.889. The molecule has 0 fully saturated rings. The highest BCUT2D eigenvalue weighted by Crippen LogP contribution is 2.38. The molecule has 0 rings (SSSR count). The van der Waals surface area contributed by atoms with E-state index in [0.29, 0.717) is 17.4 Å². The van der Waals surface area contributed by atoms with Crippen LogP contribution in [-0.2, 0) is 32.7 Å². The second kappa shape index (κ2) is 29.9. The lowest BCUT2D eigenvalue weighted by Crippen LogP contribution is -2.37. The molecule has 0 bridgehead atoms. The van der Waals surface area contributed by atoms with Gasteiger partial charge in [0.1, 0.15) is 19.8 Å². The monoisotopic (exact) mass is 675 g/mol. The first kappa shape index (κ1) is 44.8. The normalized spacial score (nSPS) is 14.0. The Labute approximate surface area is 282 Å². The van der Waals surface area contributed by atoms with Crippen molar-refractivity contribution in [3.8, 4) is 0 Å². The Balaban J connectivity index is 4.45. The maximum atomic E-state index is 12.6. The number of hydrogen-bond acceptors (Lipinski definition) is 8. The Morgan fingerprint density at radius 2 is 1.11 bits per heavy atom. The molecule has 0 aliphatic rings. The summed E-state index contributed by atoms with van der Waals surface area (Å²) in [4.78, 5) is 37.1. The third-order valence-electron chi connectivity index (χ3n) is 7.79. The van der Waals surface area contributed by atoms with Gasteiger partial charge in [-0.2, -0.15) is 0 Å². The lowest BCUT2D eigenvalue weighted by molar-refractivity contribution is -0.870. The summed E-state index contributed by atoms with van der Waals surface area (Å²) in [5, 5.41) is 0. The Bertz CT molecular complexity index is 814. The zero-order chi connectivity index (χ0) is 34.4. The van der Waals surface area contributed by atoms with Crippen molar-refractivity contribution in [2.24, 2.45) is 0 Å². The van der Waals surface area contributed by atoms with Gasteiger partial charge in [0.05, 0.1) is 27.7 Å². The number of allylic oxidation sites excluding steroid dienone is 2. The lowest BCUT2D eigenvalue weighted by Gasteiger charge is -2.28. The van der Waals surface area contributed by atoms with E-state index in [4.69, 9.17) is 18.5 Å². The van der Waals surface area contributed by atoms with Crippen LogP contribution in [0.2, 0.25) is 0 Å². The molecule has 0 aliphatic carbocycles. The van der Waals surface area contributed by atoms with Crippen molar-refractivity contribution < 1.29 is 42.1 Å². The van der Waals surface area contributed by atoms with Gasteiger partial charge >= 0.3 is 11.9 Å². The Kier molecular flexibility index (Phi) is 29.0. The number of carbonyl (C=O) groups excluding carboxylic acids is 2. The van der Waals surface area contributed by atoms with E-state index in [9.17, 15) is 19.0 Å². The highest BCUT2D eigenvalue weighted by Gasteiger charge is 2.21. The molecule has 9 nitrogen and oxygen atoms in total.